The van der Waals surface area contributed by atoms with Crippen molar-refractivity contribution >= 4 is 27.5 Å². The van der Waals surface area contributed by atoms with E-state index in [9.17, 15) is 18.0 Å². The minimum Gasteiger partial charge on any atom is -0.352 e. The summed E-state index contributed by atoms with van der Waals surface area (Å²) in [5.41, 5.74) is 1.66. The van der Waals surface area contributed by atoms with Crippen LogP contribution in [0.15, 0.2) is 53.7 Å². The summed E-state index contributed by atoms with van der Waals surface area (Å²) in [6.45, 7) is 1.61. The van der Waals surface area contributed by atoms with Gasteiger partial charge in [0.25, 0.3) is 0 Å². The van der Waals surface area contributed by atoms with Gasteiger partial charge in [0.2, 0.25) is 21.8 Å². The normalized spacial score (nSPS) is 20.1. The van der Waals surface area contributed by atoms with Gasteiger partial charge in [-0.1, -0.05) is 0 Å². The Balaban J connectivity index is 1.40. The second-order valence-corrected chi connectivity index (χ2v) is 9.86. The number of hydrogen-bond acceptors (Lipinski definition) is 5. The number of amides is 2. The maximum atomic E-state index is 13.1. The van der Waals surface area contributed by atoms with Gasteiger partial charge in [0.15, 0.2) is 0 Å². The van der Waals surface area contributed by atoms with Gasteiger partial charge in [-0.15, -0.1) is 0 Å². The zero-order chi connectivity index (χ0) is 21.8. The molecule has 2 fully saturated rings. The minimum atomic E-state index is -3.71. The second kappa shape index (κ2) is 9.15. The van der Waals surface area contributed by atoms with Crippen molar-refractivity contribution in [3.05, 3.63) is 54.4 Å². The van der Waals surface area contributed by atoms with Crippen molar-refractivity contribution in [2.75, 3.05) is 24.5 Å². The summed E-state index contributed by atoms with van der Waals surface area (Å²) in [5.74, 6) is -0.460. The largest absolute Gasteiger partial charge is 0.352 e. The van der Waals surface area contributed by atoms with Crippen molar-refractivity contribution in [2.45, 2.75) is 37.1 Å². The van der Waals surface area contributed by atoms with Crippen molar-refractivity contribution in [2.24, 2.45) is 5.92 Å². The van der Waals surface area contributed by atoms with E-state index in [2.05, 4.69) is 10.3 Å². The number of anilines is 1. The lowest BCUT2D eigenvalue weighted by atomic mass is 9.99. The lowest BCUT2D eigenvalue weighted by Gasteiger charge is -2.31. The van der Waals surface area contributed by atoms with Crippen molar-refractivity contribution < 1.29 is 18.0 Å². The molecule has 164 valence electrons. The average molecular weight is 443 g/mol. The predicted molar refractivity (Wildman–Crippen MR) is 116 cm³/mol. The molecule has 2 saturated heterocycles. The summed E-state index contributed by atoms with van der Waals surface area (Å²) in [5, 5.41) is 2.90. The van der Waals surface area contributed by atoms with Crippen LogP contribution in [0.1, 0.15) is 31.2 Å². The van der Waals surface area contributed by atoms with Crippen molar-refractivity contribution in [1.82, 2.24) is 14.6 Å². The SMILES string of the molecule is O=C(NCc1ccncc1)[C@@H]1CCCN(S(=O)(=O)c2ccc(N3CCCC3=O)cc2)C1. The quantitative estimate of drug-likeness (QED) is 0.737. The predicted octanol–water partition coefficient (Wildman–Crippen LogP) is 1.93. The van der Waals surface area contributed by atoms with Crippen LogP contribution in [0.3, 0.4) is 0 Å². The average Bonchev–Trinajstić information content (AvgIpc) is 3.24. The lowest BCUT2D eigenvalue weighted by Crippen LogP contribution is -2.45. The maximum absolute atomic E-state index is 13.1. The van der Waals surface area contributed by atoms with E-state index in [0.717, 1.165) is 12.0 Å². The Morgan fingerprint density at radius 3 is 2.48 bits per heavy atom. The number of rotatable bonds is 6. The number of hydrogen-bond donors (Lipinski definition) is 1. The summed E-state index contributed by atoms with van der Waals surface area (Å²) >= 11 is 0. The number of nitrogens with zero attached hydrogens (tertiary/aromatic N) is 3. The Kier molecular flexibility index (Phi) is 6.33. The van der Waals surface area contributed by atoms with Crippen molar-refractivity contribution in [3.8, 4) is 0 Å². The molecule has 31 heavy (non-hydrogen) atoms. The first-order valence-corrected chi connectivity index (χ1v) is 12.0. The molecule has 0 spiro atoms. The summed E-state index contributed by atoms with van der Waals surface area (Å²) < 4.78 is 27.7. The van der Waals surface area contributed by atoms with E-state index >= 15 is 0 Å². The molecule has 0 unspecified atom stereocenters. The van der Waals surface area contributed by atoms with Gasteiger partial charge in [0.1, 0.15) is 0 Å². The number of piperidine rings is 1. The number of nitrogens with one attached hydrogen (secondary N) is 1. The topological polar surface area (TPSA) is 99.7 Å². The fraction of sp³-hybridized carbons (Fsp3) is 0.409. The standard InChI is InChI=1S/C22H26N4O4S/c27-21-4-2-14-26(21)19-5-7-20(8-6-19)31(29,30)25-13-1-3-18(16-25)22(28)24-15-17-9-11-23-12-10-17/h5-12,18H,1-4,13-16H2,(H,24,28)/t18-/m1/s1. The summed E-state index contributed by atoms with van der Waals surface area (Å²) in [7, 11) is -3.71. The highest BCUT2D eigenvalue weighted by Gasteiger charge is 2.33. The molecule has 1 atom stereocenters. The van der Waals surface area contributed by atoms with E-state index in [1.165, 1.54) is 4.31 Å². The first-order chi connectivity index (χ1) is 14.9. The summed E-state index contributed by atoms with van der Waals surface area (Å²) in [4.78, 5) is 30.3. The van der Waals surface area contributed by atoms with E-state index in [1.54, 1.807) is 41.6 Å². The molecule has 1 aromatic heterocycles. The number of pyridine rings is 1. The smallest absolute Gasteiger partial charge is 0.243 e. The van der Waals surface area contributed by atoms with Gasteiger partial charge < -0.3 is 10.2 Å². The van der Waals surface area contributed by atoms with Gasteiger partial charge in [-0.05, 0) is 61.2 Å². The van der Waals surface area contributed by atoms with Crippen LogP contribution in [0.5, 0.6) is 0 Å². The van der Waals surface area contributed by atoms with Gasteiger partial charge in [-0.2, -0.15) is 4.31 Å². The molecule has 2 aliphatic rings. The third kappa shape index (κ3) is 4.77. The van der Waals surface area contributed by atoms with Gasteiger partial charge in [0.05, 0.1) is 10.8 Å². The second-order valence-electron chi connectivity index (χ2n) is 7.92. The Bertz CT molecular complexity index is 1040. The zero-order valence-electron chi connectivity index (χ0n) is 17.2. The lowest BCUT2D eigenvalue weighted by molar-refractivity contribution is -0.126. The van der Waals surface area contributed by atoms with E-state index in [-0.39, 0.29) is 29.2 Å². The van der Waals surface area contributed by atoms with Crippen molar-refractivity contribution in [3.63, 3.8) is 0 Å². The minimum absolute atomic E-state index is 0.0623. The molecule has 0 radical (unpaired) electrons. The molecule has 2 aliphatic heterocycles. The van der Waals surface area contributed by atoms with Crippen LogP contribution < -0.4 is 10.2 Å². The van der Waals surface area contributed by atoms with E-state index < -0.39 is 10.0 Å². The van der Waals surface area contributed by atoms with E-state index in [1.807, 2.05) is 12.1 Å². The molecule has 4 rings (SSSR count). The molecule has 0 saturated carbocycles. The molecule has 1 N–H and O–H groups in total. The molecule has 2 aromatic rings. The Morgan fingerprint density at radius 2 is 1.81 bits per heavy atom. The Morgan fingerprint density at radius 1 is 1.06 bits per heavy atom. The number of carbonyl (C=O) groups excluding carboxylic acids is 2. The number of aromatic nitrogens is 1. The first kappa shape index (κ1) is 21.5. The van der Waals surface area contributed by atoms with Crippen LogP contribution in [0.2, 0.25) is 0 Å². The van der Waals surface area contributed by atoms with Crippen LogP contribution in [-0.4, -0.2) is 49.2 Å². The van der Waals surface area contributed by atoms with Gasteiger partial charge in [-0.25, -0.2) is 8.42 Å². The van der Waals surface area contributed by atoms with Gasteiger partial charge in [-0.3, -0.25) is 14.6 Å². The Hall–Kier alpha value is -2.78. The number of carbonyl (C=O) groups is 2. The third-order valence-electron chi connectivity index (χ3n) is 5.83. The molecule has 3 heterocycles. The fourth-order valence-corrected chi connectivity index (χ4v) is 5.60. The summed E-state index contributed by atoms with van der Waals surface area (Å²) in [6.07, 6.45) is 5.97. The molecular formula is C22H26N4O4S. The molecule has 9 heteroatoms. The molecular weight excluding hydrogens is 416 g/mol. The van der Waals surface area contributed by atoms with Crippen molar-refractivity contribution in [1.29, 1.82) is 0 Å². The van der Waals surface area contributed by atoms with E-state index in [4.69, 9.17) is 0 Å². The van der Waals surface area contributed by atoms with Crippen LogP contribution in [0, 0.1) is 5.92 Å². The Labute approximate surface area is 182 Å². The van der Waals surface area contributed by atoms with Crippen LogP contribution in [0.25, 0.3) is 0 Å². The molecule has 0 aliphatic carbocycles. The third-order valence-corrected chi connectivity index (χ3v) is 7.71. The van der Waals surface area contributed by atoms with Crippen LogP contribution in [0.4, 0.5) is 5.69 Å². The fourth-order valence-electron chi connectivity index (χ4n) is 4.08. The number of sulfonamides is 1. The van der Waals surface area contributed by atoms with Gasteiger partial charge in [0, 0.05) is 50.7 Å². The van der Waals surface area contributed by atoms with Gasteiger partial charge >= 0.3 is 0 Å². The van der Waals surface area contributed by atoms with Crippen LogP contribution >= 0.6 is 0 Å². The highest BCUT2D eigenvalue weighted by Crippen LogP contribution is 2.27. The maximum Gasteiger partial charge on any atom is 0.243 e. The molecule has 8 nitrogen and oxygen atoms in total. The molecule has 1 aromatic carbocycles. The highest BCUT2D eigenvalue weighted by atomic mass is 32.2. The summed E-state index contributed by atoms with van der Waals surface area (Å²) in [6, 6.07) is 10.1. The highest BCUT2D eigenvalue weighted by molar-refractivity contribution is 7.89. The first-order valence-electron chi connectivity index (χ1n) is 10.5. The van der Waals surface area contributed by atoms with Crippen LogP contribution in [-0.2, 0) is 26.2 Å². The van der Waals surface area contributed by atoms with E-state index in [0.29, 0.717) is 44.6 Å². The molecule has 0 bridgehead atoms. The monoisotopic (exact) mass is 442 g/mol. The number of benzene rings is 1. The zero-order valence-corrected chi connectivity index (χ0v) is 18.1. The molecule has 2 amide bonds.